The van der Waals surface area contributed by atoms with Gasteiger partial charge in [-0.2, -0.15) is 0 Å². The molecule has 1 heterocycles. The van der Waals surface area contributed by atoms with Gasteiger partial charge in [0.2, 0.25) is 0 Å². The van der Waals surface area contributed by atoms with Crippen LogP contribution in [0.25, 0.3) is 34.3 Å². The van der Waals surface area contributed by atoms with Gasteiger partial charge in [-0.25, -0.2) is 0 Å². The summed E-state index contributed by atoms with van der Waals surface area (Å²) in [5.74, 6) is 0. The SMILES string of the molecule is C1=CCC(=C2C=c3c(n(-c4ccccc4)c4ccccc34)=CC2)C(c2ccccc2)=C1. The standard InChI is InChI=1S/C30H23N/c1-3-11-22(12-4-1)25-15-7-8-16-26(25)23-19-20-30-28(21-23)27-17-9-10-18-29(27)31(30)24-13-5-2-6-14-24/h1-15,17-18,20-21H,16,19H2. The van der Waals surface area contributed by atoms with Crippen molar-refractivity contribution in [2.75, 3.05) is 0 Å². The van der Waals surface area contributed by atoms with E-state index in [2.05, 4.69) is 120 Å². The second-order valence-corrected chi connectivity index (χ2v) is 8.12. The molecule has 0 radical (unpaired) electrons. The number of rotatable bonds is 2. The zero-order valence-corrected chi connectivity index (χ0v) is 17.3. The van der Waals surface area contributed by atoms with Crippen molar-refractivity contribution in [1.29, 1.82) is 0 Å². The molecule has 3 aromatic carbocycles. The van der Waals surface area contributed by atoms with Crippen LogP contribution in [0.5, 0.6) is 0 Å². The van der Waals surface area contributed by atoms with Crippen LogP contribution >= 0.6 is 0 Å². The number of para-hydroxylation sites is 2. The minimum Gasteiger partial charge on any atom is -0.310 e. The fraction of sp³-hybridized carbons (Fsp3) is 0.0667. The molecule has 0 unspecified atom stereocenters. The van der Waals surface area contributed by atoms with Crippen molar-refractivity contribution >= 4 is 28.6 Å². The van der Waals surface area contributed by atoms with E-state index in [1.807, 2.05) is 0 Å². The van der Waals surface area contributed by atoms with Gasteiger partial charge in [-0.1, -0.05) is 91.0 Å². The number of benzene rings is 3. The van der Waals surface area contributed by atoms with Gasteiger partial charge < -0.3 is 4.57 Å². The maximum absolute atomic E-state index is 2.43. The second-order valence-electron chi connectivity index (χ2n) is 8.12. The zero-order chi connectivity index (χ0) is 20.6. The molecule has 0 N–H and O–H groups in total. The molecule has 2 aliphatic rings. The van der Waals surface area contributed by atoms with Gasteiger partial charge in [0, 0.05) is 16.3 Å². The second kappa shape index (κ2) is 7.45. The summed E-state index contributed by atoms with van der Waals surface area (Å²) in [5.41, 5.74) is 7.97. The van der Waals surface area contributed by atoms with Gasteiger partial charge in [0.25, 0.3) is 0 Å². The lowest BCUT2D eigenvalue weighted by molar-refractivity contribution is 1.05. The van der Waals surface area contributed by atoms with E-state index in [-0.39, 0.29) is 0 Å². The molecule has 0 aliphatic heterocycles. The Morgan fingerprint density at radius 1 is 0.710 bits per heavy atom. The molecule has 1 heteroatoms. The van der Waals surface area contributed by atoms with Crippen molar-refractivity contribution in [3.05, 3.63) is 130 Å². The molecule has 0 bridgehead atoms. The summed E-state index contributed by atoms with van der Waals surface area (Å²) in [6.07, 6.45) is 13.5. The Hall–Kier alpha value is -3.84. The van der Waals surface area contributed by atoms with Crippen LogP contribution in [-0.4, -0.2) is 4.57 Å². The fourth-order valence-corrected chi connectivity index (χ4v) is 4.90. The Morgan fingerprint density at radius 3 is 2.29 bits per heavy atom. The molecule has 1 nitrogen and oxygen atoms in total. The van der Waals surface area contributed by atoms with Crippen LogP contribution < -0.4 is 10.6 Å². The van der Waals surface area contributed by atoms with E-state index in [1.54, 1.807) is 0 Å². The van der Waals surface area contributed by atoms with Gasteiger partial charge in [0.15, 0.2) is 0 Å². The molecule has 6 rings (SSSR count). The van der Waals surface area contributed by atoms with Crippen LogP contribution in [0.4, 0.5) is 0 Å². The first-order valence-corrected chi connectivity index (χ1v) is 10.9. The third-order valence-electron chi connectivity index (χ3n) is 6.32. The van der Waals surface area contributed by atoms with E-state index in [0.717, 1.165) is 12.8 Å². The fourth-order valence-electron chi connectivity index (χ4n) is 4.90. The summed E-state index contributed by atoms with van der Waals surface area (Å²) in [5, 5.41) is 3.94. The molecule has 0 saturated carbocycles. The highest BCUT2D eigenvalue weighted by atomic mass is 15.0. The smallest absolute Gasteiger partial charge is 0.0540 e. The van der Waals surface area contributed by atoms with Crippen molar-refractivity contribution in [3.8, 4) is 5.69 Å². The van der Waals surface area contributed by atoms with Crippen molar-refractivity contribution in [2.45, 2.75) is 12.8 Å². The van der Waals surface area contributed by atoms with E-state index < -0.39 is 0 Å². The van der Waals surface area contributed by atoms with Gasteiger partial charge in [-0.3, -0.25) is 0 Å². The quantitative estimate of drug-likeness (QED) is 0.395. The molecular formula is C30H23N. The Bertz CT molecular complexity index is 1490. The van der Waals surface area contributed by atoms with Crippen LogP contribution in [0.15, 0.2) is 114 Å². The monoisotopic (exact) mass is 397 g/mol. The maximum Gasteiger partial charge on any atom is 0.0540 e. The Morgan fingerprint density at radius 2 is 1.45 bits per heavy atom. The Kier molecular flexibility index (Phi) is 4.32. The molecule has 2 aliphatic carbocycles. The lowest BCUT2D eigenvalue weighted by Gasteiger charge is -2.19. The number of hydrogen-bond acceptors (Lipinski definition) is 0. The highest BCUT2D eigenvalue weighted by Crippen LogP contribution is 2.33. The predicted octanol–water partition coefficient (Wildman–Crippen LogP) is 5.94. The van der Waals surface area contributed by atoms with Crippen LogP contribution in [-0.2, 0) is 0 Å². The zero-order valence-electron chi connectivity index (χ0n) is 17.3. The molecule has 0 saturated heterocycles. The van der Waals surface area contributed by atoms with Gasteiger partial charge in [-0.05, 0) is 59.4 Å². The minimum atomic E-state index is 0.948. The van der Waals surface area contributed by atoms with Gasteiger partial charge in [0.05, 0.1) is 10.9 Å². The van der Waals surface area contributed by atoms with E-state index in [4.69, 9.17) is 0 Å². The third-order valence-corrected chi connectivity index (χ3v) is 6.32. The van der Waals surface area contributed by atoms with E-state index in [9.17, 15) is 0 Å². The average molecular weight is 398 g/mol. The number of fused-ring (bicyclic) bond motifs is 3. The van der Waals surface area contributed by atoms with Gasteiger partial charge in [0.1, 0.15) is 0 Å². The maximum atomic E-state index is 2.43. The summed E-state index contributed by atoms with van der Waals surface area (Å²) in [6.45, 7) is 0. The van der Waals surface area contributed by atoms with Gasteiger partial charge in [-0.15, -0.1) is 0 Å². The Balaban J connectivity index is 1.61. The van der Waals surface area contributed by atoms with Crippen molar-refractivity contribution in [1.82, 2.24) is 4.57 Å². The summed E-state index contributed by atoms with van der Waals surface area (Å²) < 4.78 is 2.40. The number of hydrogen-bond donors (Lipinski definition) is 0. The number of nitrogens with zero attached hydrogens (tertiary/aromatic N) is 1. The van der Waals surface area contributed by atoms with Crippen molar-refractivity contribution < 1.29 is 0 Å². The lowest BCUT2D eigenvalue weighted by atomic mass is 9.86. The molecule has 0 fully saturated rings. The van der Waals surface area contributed by atoms with Crippen LogP contribution in [0.1, 0.15) is 18.4 Å². The van der Waals surface area contributed by atoms with Crippen molar-refractivity contribution in [2.24, 2.45) is 0 Å². The van der Waals surface area contributed by atoms with Gasteiger partial charge >= 0.3 is 0 Å². The molecule has 0 spiro atoms. The van der Waals surface area contributed by atoms with Crippen LogP contribution in [0.2, 0.25) is 0 Å². The van der Waals surface area contributed by atoms with Crippen LogP contribution in [0, 0.1) is 0 Å². The summed E-state index contributed by atoms with van der Waals surface area (Å²) in [6, 6.07) is 30.2. The minimum absolute atomic E-state index is 0.948. The first-order chi connectivity index (χ1) is 15.4. The van der Waals surface area contributed by atoms with E-state index >= 15 is 0 Å². The molecule has 148 valence electrons. The first kappa shape index (κ1) is 18.0. The summed E-state index contributed by atoms with van der Waals surface area (Å²) >= 11 is 0. The average Bonchev–Trinajstić information content (AvgIpc) is 3.19. The highest BCUT2D eigenvalue weighted by Gasteiger charge is 2.17. The highest BCUT2D eigenvalue weighted by molar-refractivity contribution is 5.89. The molecule has 0 amide bonds. The van der Waals surface area contributed by atoms with Crippen LogP contribution in [0.3, 0.4) is 0 Å². The van der Waals surface area contributed by atoms with E-state index in [0.29, 0.717) is 0 Å². The van der Waals surface area contributed by atoms with E-state index in [1.165, 1.54) is 49.4 Å². The first-order valence-electron chi connectivity index (χ1n) is 10.9. The predicted molar refractivity (Wildman–Crippen MR) is 131 cm³/mol. The molecule has 4 aromatic rings. The normalized spacial score (nSPS) is 17.6. The molecular weight excluding hydrogens is 374 g/mol. The summed E-state index contributed by atoms with van der Waals surface area (Å²) in [4.78, 5) is 0. The topological polar surface area (TPSA) is 4.93 Å². The molecule has 0 atom stereocenters. The Labute approximate surface area is 182 Å². The largest absolute Gasteiger partial charge is 0.310 e. The van der Waals surface area contributed by atoms with Crippen molar-refractivity contribution in [3.63, 3.8) is 0 Å². The lowest BCUT2D eigenvalue weighted by Crippen LogP contribution is -2.30. The number of allylic oxidation sites excluding steroid dienone is 6. The third kappa shape index (κ3) is 3.02. The molecule has 1 aromatic heterocycles. The summed E-state index contributed by atoms with van der Waals surface area (Å²) in [7, 11) is 0. The molecule has 31 heavy (non-hydrogen) atoms. The number of aromatic nitrogens is 1.